The molecule has 2 aromatic carbocycles. The molecule has 0 aliphatic carbocycles. The number of carbonyl (C=O) groups excluding carboxylic acids is 3. The lowest BCUT2D eigenvalue weighted by Crippen LogP contribution is -2.53. The average Bonchev–Trinajstić information content (AvgIpc) is 3.02. The van der Waals surface area contributed by atoms with Gasteiger partial charge in [-0.25, -0.2) is 4.79 Å². The van der Waals surface area contributed by atoms with E-state index in [1.807, 2.05) is 74.5 Å². The molecule has 1 fully saturated rings. The standard InChI is InChI=1S/C28H34N4O4/c1-21(2)16-24(36-27(35)30-18-22-10-5-3-6-11-22)26(34)31-28(20-29)14-9-15-32(25(33)17-28)19-23-12-7-4-8-13-23/h3-8,10-13,21,24H,9,14-19H2,1-2H3,(H,30,35)(H,31,34)/t24-,28?/m0/s1. The van der Waals surface area contributed by atoms with Crippen LogP contribution in [-0.4, -0.2) is 41.0 Å². The second-order valence-electron chi connectivity index (χ2n) is 9.63. The maximum absolute atomic E-state index is 13.2. The first-order valence-corrected chi connectivity index (χ1v) is 12.3. The lowest BCUT2D eigenvalue weighted by molar-refractivity contribution is -0.134. The number of benzene rings is 2. The summed E-state index contributed by atoms with van der Waals surface area (Å²) in [4.78, 5) is 40.4. The van der Waals surface area contributed by atoms with E-state index in [0.717, 1.165) is 11.1 Å². The molecule has 1 aliphatic heterocycles. The van der Waals surface area contributed by atoms with Gasteiger partial charge < -0.3 is 20.3 Å². The second kappa shape index (κ2) is 12.7. The van der Waals surface area contributed by atoms with Crippen molar-refractivity contribution in [3.8, 4) is 6.07 Å². The number of amides is 3. The number of nitriles is 1. The molecule has 3 rings (SSSR count). The summed E-state index contributed by atoms with van der Waals surface area (Å²) in [5, 5.41) is 15.4. The van der Waals surface area contributed by atoms with Crippen molar-refractivity contribution in [1.82, 2.24) is 15.5 Å². The lowest BCUT2D eigenvalue weighted by atomic mass is 9.91. The molecule has 1 heterocycles. The van der Waals surface area contributed by atoms with Crippen molar-refractivity contribution in [3.63, 3.8) is 0 Å². The van der Waals surface area contributed by atoms with Crippen LogP contribution in [0.3, 0.4) is 0 Å². The molecule has 3 amide bonds. The van der Waals surface area contributed by atoms with Crippen molar-refractivity contribution in [2.24, 2.45) is 5.92 Å². The summed E-state index contributed by atoms with van der Waals surface area (Å²) in [5.74, 6) is -0.692. The van der Waals surface area contributed by atoms with Crippen LogP contribution in [0.2, 0.25) is 0 Å². The van der Waals surface area contributed by atoms with E-state index in [0.29, 0.717) is 32.4 Å². The van der Waals surface area contributed by atoms with Crippen molar-refractivity contribution in [1.29, 1.82) is 5.26 Å². The Labute approximate surface area is 212 Å². The number of likely N-dealkylation sites (tertiary alicyclic amines) is 1. The van der Waals surface area contributed by atoms with Gasteiger partial charge in [0.05, 0.1) is 12.5 Å². The van der Waals surface area contributed by atoms with E-state index in [4.69, 9.17) is 4.74 Å². The Morgan fingerprint density at radius 1 is 1.08 bits per heavy atom. The highest BCUT2D eigenvalue weighted by Gasteiger charge is 2.40. The lowest BCUT2D eigenvalue weighted by Gasteiger charge is -2.29. The van der Waals surface area contributed by atoms with Crippen molar-refractivity contribution >= 4 is 17.9 Å². The van der Waals surface area contributed by atoms with Gasteiger partial charge in [-0.05, 0) is 36.3 Å². The molecule has 0 saturated carbocycles. The van der Waals surface area contributed by atoms with E-state index in [-0.39, 0.29) is 24.8 Å². The van der Waals surface area contributed by atoms with E-state index in [1.54, 1.807) is 4.90 Å². The first-order valence-electron chi connectivity index (χ1n) is 12.3. The van der Waals surface area contributed by atoms with E-state index < -0.39 is 23.6 Å². The van der Waals surface area contributed by atoms with E-state index in [9.17, 15) is 19.6 Å². The highest BCUT2D eigenvalue weighted by Crippen LogP contribution is 2.25. The molecular formula is C28H34N4O4. The molecule has 0 radical (unpaired) electrons. The van der Waals surface area contributed by atoms with Gasteiger partial charge in [0, 0.05) is 19.6 Å². The average molecular weight is 491 g/mol. The molecule has 2 aromatic rings. The van der Waals surface area contributed by atoms with Crippen LogP contribution in [0, 0.1) is 17.2 Å². The molecule has 1 unspecified atom stereocenters. The largest absolute Gasteiger partial charge is 0.436 e. The topological polar surface area (TPSA) is 112 Å². The number of hydrogen-bond acceptors (Lipinski definition) is 5. The Kier molecular flexibility index (Phi) is 9.46. The van der Waals surface area contributed by atoms with Gasteiger partial charge in [0.1, 0.15) is 5.54 Å². The molecule has 8 heteroatoms. The third kappa shape index (κ3) is 7.84. The van der Waals surface area contributed by atoms with Crippen LogP contribution in [0.4, 0.5) is 4.79 Å². The van der Waals surface area contributed by atoms with Crippen LogP contribution in [0.5, 0.6) is 0 Å². The van der Waals surface area contributed by atoms with E-state index in [1.165, 1.54) is 0 Å². The van der Waals surface area contributed by atoms with Crippen LogP contribution in [0.15, 0.2) is 60.7 Å². The van der Waals surface area contributed by atoms with Crippen molar-refractivity contribution in [2.75, 3.05) is 6.54 Å². The maximum Gasteiger partial charge on any atom is 0.408 e. The van der Waals surface area contributed by atoms with Gasteiger partial charge in [0.25, 0.3) is 5.91 Å². The van der Waals surface area contributed by atoms with Gasteiger partial charge in [-0.2, -0.15) is 5.26 Å². The number of nitrogens with zero attached hydrogens (tertiary/aromatic N) is 2. The summed E-state index contributed by atoms with van der Waals surface area (Å²) in [7, 11) is 0. The third-order valence-corrected chi connectivity index (χ3v) is 6.14. The van der Waals surface area contributed by atoms with Crippen LogP contribution in [-0.2, 0) is 27.4 Å². The fourth-order valence-electron chi connectivity index (χ4n) is 4.25. The predicted octanol–water partition coefficient (Wildman–Crippen LogP) is 3.92. The van der Waals surface area contributed by atoms with Gasteiger partial charge in [-0.15, -0.1) is 0 Å². The molecule has 2 atom stereocenters. The van der Waals surface area contributed by atoms with Crippen LogP contribution < -0.4 is 10.6 Å². The van der Waals surface area contributed by atoms with Crippen molar-refractivity contribution < 1.29 is 19.1 Å². The molecule has 1 aliphatic rings. The normalized spacial score (nSPS) is 18.6. The summed E-state index contributed by atoms with van der Waals surface area (Å²) in [6.45, 7) is 5.06. The fraction of sp³-hybridized carbons (Fsp3) is 0.429. The Morgan fingerprint density at radius 3 is 2.33 bits per heavy atom. The summed E-state index contributed by atoms with van der Waals surface area (Å²) in [5.41, 5.74) is 0.560. The zero-order valence-corrected chi connectivity index (χ0v) is 20.9. The van der Waals surface area contributed by atoms with Gasteiger partial charge in [-0.3, -0.25) is 9.59 Å². The molecule has 0 bridgehead atoms. The smallest absolute Gasteiger partial charge is 0.408 e. The molecular weight excluding hydrogens is 456 g/mol. The predicted molar refractivity (Wildman–Crippen MR) is 135 cm³/mol. The summed E-state index contributed by atoms with van der Waals surface area (Å²) < 4.78 is 5.47. The number of nitrogens with one attached hydrogen (secondary N) is 2. The summed E-state index contributed by atoms with van der Waals surface area (Å²) >= 11 is 0. The number of alkyl carbamates (subject to hydrolysis) is 1. The molecule has 8 nitrogen and oxygen atoms in total. The van der Waals surface area contributed by atoms with Gasteiger partial charge in [0.15, 0.2) is 6.10 Å². The van der Waals surface area contributed by atoms with Crippen LogP contribution in [0.25, 0.3) is 0 Å². The zero-order chi connectivity index (χ0) is 26.0. The quantitative estimate of drug-likeness (QED) is 0.553. The molecule has 0 aromatic heterocycles. The van der Waals surface area contributed by atoms with E-state index >= 15 is 0 Å². The van der Waals surface area contributed by atoms with E-state index in [2.05, 4.69) is 16.7 Å². The minimum Gasteiger partial charge on any atom is -0.436 e. The van der Waals surface area contributed by atoms with Gasteiger partial charge in [0.2, 0.25) is 5.91 Å². The highest BCUT2D eigenvalue weighted by atomic mass is 16.6. The van der Waals surface area contributed by atoms with Crippen LogP contribution in [0.1, 0.15) is 50.7 Å². The summed E-state index contributed by atoms with van der Waals surface area (Å²) in [6, 6.07) is 21.2. The Bertz CT molecular complexity index is 1070. The Hall–Kier alpha value is -3.86. The van der Waals surface area contributed by atoms with Crippen molar-refractivity contribution in [2.45, 2.75) is 64.3 Å². The monoisotopic (exact) mass is 490 g/mol. The molecule has 2 N–H and O–H groups in total. The number of rotatable bonds is 9. The Morgan fingerprint density at radius 2 is 1.72 bits per heavy atom. The fourth-order valence-corrected chi connectivity index (χ4v) is 4.25. The SMILES string of the molecule is CC(C)C[C@H](OC(=O)NCc1ccccc1)C(=O)NC1(C#N)CCCN(Cc2ccccc2)C(=O)C1. The number of hydrogen-bond donors (Lipinski definition) is 2. The molecule has 1 saturated heterocycles. The maximum atomic E-state index is 13.2. The summed E-state index contributed by atoms with van der Waals surface area (Å²) in [6.07, 6.45) is -0.723. The first kappa shape index (κ1) is 26.7. The highest BCUT2D eigenvalue weighted by molar-refractivity contribution is 5.86. The zero-order valence-electron chi connectivity index (χ0n) is 20.9. The molecule has 0 spiro atoms. The second-order valence-corrected chi connectivity index (χ2v) is 9.63. The minimum absolute atomic E-state index is 0.0674. The Balaban J connectivity index is 1.64. The van der Waals surface area contributed by atoms with Crippen molar-refractivity contribution in [3.05, 3.63) is 71.8 Å². The van der Waals surface area contributed by atoms with Gasteiger partial charge in [-0.1, -0.05) is 74.5 Å². The molecule has 190 valence electrons. The van der Waals surface area contributed by atoms with Crippen LogP contribution >= 0.6 is 0 Å². The first-order chi connectivity index (χ1) is 17.3. The number of carbonyl (C=O) groups is 3. The molecule has 36 heavy (non-hydrogen) atoms. The number of ether oxygens (including phenoxy) is 1. The van der Waals surface area contributed by atoms with Gasteiger partial charge >= 0.3 is 6.09 Å². The third-order valence-electron chi connectivity index (χ3n) is 6.14. The minimum atomic E-state index is -1.35.